The number of rotatable bonds is 3. The van der Waals surface area contributed by atoms with Gasteiger partial charge in [-0.1, -0.05) is 6.07 Å². The fourth-order valence-corrected chi connectivity index (χ4v) is 1.91. The van der Waals surface area contributed by atoms with E-state index in [2.05, 4.69) is 15.9 Å². The molecular formula is C9H8BrNO5. The lowest BCUT2D eigenvalue weighted by Crippen LogP contribution is -2.12. The molecule has 86 valence electrons. The second-order valence-electron chi connectivity index (χ2n) is 3.11. The summed E-state index contributed by atoms with van der Waals surface area (Å²) in [5, 5.41) is 28.7. The SMILES string of the molecule is Cc1c(C(O)C(=O)O)ccc(Br)c1[N+](=O)[O-]. The molecule has 0 aliphatic rings. The molecular weight excluding hydrogens is 282 g/mol. The molecule has 0 aliphatic carbocycles. The highest BCUT2D eigenvalue weighted by Gasteiger charge is 2.25. The summed E-state index contributed by atoms with van der Waals surface area (Å²) in [6.45, 7) is 1.39. The molecule has 0 radical (unpaired) electrons. The summed E-state index contributed by atoms with van der Waals surface area (Å²) in [5.74, 6) is -1.44. The van der Waals surface area contributed by atoms with Gasteiger partial charge in [0.1, 0.15) is 0 Å². The quantitative estimate of drug-likeness (QED) is 0.652. The van der Waals surface area contributed by atoms with Gasteiger partial charge in [-0.05, 0) is 28.9 Å². The van der Waals surface area contributed by atoms with E-state index < -0.39 is 17.0 Å². The van der Waals surface area contributed by atoms with Gasteiger partial charge in [0.15, 0.2) is 6.10 Å². The van der Waals surface area contributed by atoms with Crippen LogP contribution in [0.25, 0.3) is 0 Å². The maximum atomic E-state index is 10.7. The summed E-state index contributed by atoms with van der Waals surface area (Å²) in [4.78, 5) is 20.7. The van der Waals surface area contributed by atoms with Crippen LogP contribution in [0.2, 0.25) is 0 Å². The summed E-state index contributed by atoms with van der Waals surface area (Å²) in [5.41, 5.74) is -0.0884. The predicted molar refractivity (Wildman–Crippen MR) is 58.1 cm³/mol. The highest BCUT2D eigenvalue weighted by molar-refractivity contribution is 9.10. The second kappa shape index (κ2) is 4.58. The number of benzene rings is 1. The van der Waals surface area contributed by atoms with Crippen LogP contribution in [-0.4, -0.2) is 21.1 Å². The largest absolute Gasteiger partial charge is 0.479 e. The monoisotopic (exact) mass is 289 g/mol. The summed E-state index contributed by atoms with van der Waals surface area (Å²) >= 11 is 3.00. The topological polar surface area (TPSA) is 101 Å². The Morgan fingerprint density at radius 2 is 2.12 bits per heavy atom. The fourth-order valence-electron chi connectivity index (χ4n) is 1.34. The number of aliphatic carboxylic acids is 1. The fraction of sp³-hybridized carbons (Fsp3) is 0.222. The van der Waals surface area contributed by atoms with E-state index in [4.69, 9.17) is 5.11 Å². The van der Waals surface area contributed by atoms with Crippen LogP contribution in [0, 0.1) is 17.0 Å². The van der Waals surface area contributed by atoms with Gasteiger partial charge in [0.2, 0.25) is 0 Å². The van der Waals surface area contributed by atoms with E-state index in [-0.39, 0.29) is 21.3 Å². The Morgan fingerprint density at radius 1 is 1.56 bits per heavy atom. The van der Waals surface area contributed by atoms with Crippen LogP contribution in [0.1, 0.15) is 17.2 Å². The van der Waals surface area contributed by atoms with Crippen molar-refractivity contribution < 1.29 is 19.9 Å². The van der Waals surface area contributed by atoms with Gasteiger partial charge in [0.25, 0.3) is 5.69 Å². The maximum Gasteiger partial charge on any atom is 0.337 e. The molecule has 0 saturated heterocycles. The molecule has 6 nitrogen and oxygen atoms in total. The van der Waals surface area contributed by atoms with Crippen molar-refractivity contribution in [2.24, 2.45) is 0 Å². The van der Waals surface area contributed by atoms with Gasteiger partial charge in [0, 0.05) is 11.1 Å². The Labute approximate surface area is 98.8 Å². The zero-order valence-electron chi connectivity index (χ0n) is 8.18. The molecule has 7 heteroatoms. The van der Waals surface area contributed by atoms with Gasteiger partial charge in [-0.3, -0.25) is 10.1 Å². The Bertz CT molecular complexity index is 459. The zero-order chi connectivity index (χ0) is 12.5. The molecule has 16 heavy (non-hydrogen) atoms. The first-order valence-corrected chi connectivity index (χ1v) is 4.99. The molecule has 0 bridgehead atoms. The maximum absolute atomic E-state index is 10.7. The summed E-state index contributed by atoms with van der Waals surface area (Å²) in [6, 6.07) is 2.68. The third-order valence-electron chi connectivity index (χ3n) is 2.13. The Morgan fingerprint density at radius 3 is 2.56 bits per heavy atom. The van der Waals surface area contributed by atoms with Crippen molar-refractivity contribution in [3.05, 3.63) is 37.8 Å². The number of carboxylic acids is 1. The van der Waals surface area contributed by atoms with Gasteiger partial charge < -0.3 is 10.2 Å². The molecule has 1 aromatic carbocycles. The highest BCUT2D eigenvalue weighted by Crippen LogP contribution is 2.33. The second-order valence-corrected chi connectivity index (χ2v) is 3.96. The van der Waals surface area contributed by atoms with E-state index >= 15 is 0 Å². The molecule has 1 unspecified atom stereocenters. The lowest BCUT2D eigenvalue weighted by molar-refractivity contribution is -0.386. The average molecular weight is 290 g/mol. The number of aliphatic hydroxyl groups excluding tert-OH is 1. The van der Waals surface area contributed by atoms with Gasteiger partial charge in [-0.2, -0.15) is 0 Å². The van der Waals surface area contributed by atoms with Crippen LogP contribution in [0.5, 0.6) is 0 Å². The van der Waals surface area contributed by atoms with Crippen molar-refractivity contribution in [3.8, 4) is 0 Å². The molecule has 0 fully saturated rings. The van der Waals surface area contributed by atoms with E-state index in [1.54, 1.807) is 0 Å². The van der Waals surface area contributed by atoms with Crippen molar-refractivity contribution in [1.82, 2.24) is 0 Å². The van der Waals surface area contributed by atoms with E-state index in [9.17, 15) is 20.0 Å². The van der Waals surface area contributed by atoms with Gasteiger partial charge in [-0.15, -0.1) is 0 Å². The highest BCUT2D eigenvalue weighted by atomic mass is 79.9. The lowest BCUT2D eigenvalue weighted by atomic mass is 10.0. The van der Waals surface area contributed by atoms with Crippen LogP contribution < -0.4 is 0 Å². The number of carbonyl (C=O) groups is 1. The van der Waals surface area contributed by atoms with Crippen molar-refractivity contribution in [2.45, 2.75) is 13.0 Å². The van der Waals surface area contributed by atoms with E-state index in [1.165, 1.54) is 19.1 Å². The molecule has 1 rings (SSSR count). The van der Waals surface area contributed by atoms with Gasteiger partial charge in [-0.25, -0.2) is 4.79 Å². The third-order valence-corrected chi connectivity index (χ3v) is 2.77. The molecule has 1 aromatic rings. The standard InChI is InChI=1S/C9H8BrNO5/c1-4-5(8(12)9(13)14)2-3-6(10)7(4)11(15)16/h2-3,8,12H,1H3,(H,13,14). The van der Waals surface area contributed by atoms with Crippen LogP contribution in [0.15, 0.2) is 16.6 Å². The summed E-state index contributed by atoms with van der Waals surface area (Å²) in [6.07, 6.45) is -1.76. The molecule has 0 aliphatic heterocycles. The number of hydrogen-bond donors (Lipinski definition) is 2. The number of aliphatic hydroxyl groups is 1. The third kappa shape index (κ3) is 2.20. The van der Waals surface area contributed by atoms with Gasteiger partial charge in [0.05, 0.1) is 9.40 Å². The first-order chi connectivity index (χ1) is 7.36. The Kier molecular flexibility index (Phi) is 3.61. The van der Waals surface area contributed by atoms with Crippen molar-refractivity contribution in [3.63, 3.8) is 0 Å². The van der Waals surface area contributed by atoms with Crippen LogP contribution in [0.3, 0.4) is 0 Å². The number of nitro benzene ring substituents is 1. The molecule has 0 heterocycles. The summed E-state index contributed by atoms with van der Waals surface area (Å²) < 4.78 is 0.247. The molecule has 1 atom stereocenters. The lowest BCUT2D eigenvalue weighted by Gasteiger charge is -2.10. The Hall–Kier alpha value is -1.47. The normalized spacial score (nSPS) is 12.2. The first kappa shape index (κ1) is 12.6. The average Bonchev–Trinajstić information content (AvgIpc) is 2.16. The first-order valence-electron chi connectivity index (χ1n) is 4.20. The molecule has 0 aromatic heterocycles. The predicted octanol–water partition coefficient (Wildman–Crippen LogP) is 1.78. The minimum atomic E-state index is -1.76. The number of nitrogens with zero attached hydrogens (tertiary/aromatic N) is 1. The number of carboxylic acid groups (broad SMARTS) is 1. The van der Waals surface area contributed by atoms with Crippen LogP contribution in [0.4, 0.5) is 5.69 Å². The zero-order valence-corrected chi connectivity index (χ0v) is 9.76. The van der Waals surface area contributed by atoms with Crippen molar-refractivity contribution in [2.75, 3.05) is 0 Å². The molecule has 0 amide bonds. The number of hydrogen-bond acceptors (Lipinski definition) is 4. The smallest absolute Gasteiger partial charge is 0.337 e. The Balaban J connectivity index is 3.40. The molecule has 2 N–H and O–H groups in total. The van der Waals surface area contributed by atoms with Gasteiger partial charge >= 0.3 is 5.97 Å². The number of halogens is 1. The van der Waals surface area contributed by atoms with E-state index in [0.717, 1.165) is 0 Å². The minimum absolute atomic E-state index is 0.0161. The van der Waals surface area contributed by atoms with Crippen LogP contribution >= 0.6 is 15.9 Å². The van der Waals surface area contributed by atoms with Crippen molar-refractivity contribution in [1.29, 1.82) is 0 Å². The van der Waals surface area contributed by atoms with E-state index in [0.29, 0.717) is 0 Å². The molecule has 0 saturated carbocycles. The summed E-state index contributed by atoms with van der Waals surface area (Å²) in [7, 11) is 0. The minimum Gasteiger partial charge on any atom is -0.479 e. The van der Waals surface area contributed by atoms with Crippen molar-refractivity contribution >= 4 is 27.6 Å². The molecule has 0 spiro atoms. The van der Waals surface area contributed by atoms with E-state index in [1.807, 2.05) is 0 Å². The van der Waals surface area contributed by atoms with Crippen LogP contribution in [-0.2, 0) is 4.79 Å². The number of nitro groups is 1.